The first-order chi connectivity index (χ1) is 4.20. The Bertz CT molecular complexity index is 130. The molecule has 0 fully saturated rings. The Labute approximate surface area is 55.3 Å². The van der Waals surface area contributed by atoms with E-state index < -0.39 is 0 Å². The van der Waals surface area contributed by atoms with Crippen molar-refractivity contribution in [2.24, 2.45) is 16.6 Å². The van der Waals surface area contributed by atoms with E-state index in [0.29, 0.717) is 17.9 Å². The molecular weight excluding hydrogens is 114 g/mol. The third-order valence-electron chi connectivity index (χ3n) is 1.78. The summed E-state index contributed by atoms with van der Waals surface area (Å²) in [5.74, 6) is 1.19. The first-order valence-electron chi connectivity index (χ1n) is 3.26. The zero-order chi connectivity index (χ0) is 6.85. The second kappa shape index (κ2) is 2.25. The Kier molecular flexibility index (Phi) is 1.60. The van der Waals surface area contributed by atoms with Crippen LogP contribution in [-0.2, 0) is 0 Å². The highest BCUT2D eigenvalue weighted by atomic mass is 15.1. The summed E-state index contributed by atoms with van der Waals surface area (Å²) < 4.78 is 0. The maximum atomic E-state index is 5.43. The molecule has 1 heterocycles. The molecule has 0 aromatic rings. The van der Waals surface area contributed by atoms with Gasteiger partial charge in [-0.25, -0.2) is 0 Å². The second-order valence-electron chi connectivity index (χ2n) is 2.64. The number of nitrogens with zero attached hydrogens (tertiary/aromatic N) is 1. The first kappa shape index (κ1) is 6.39. The molecule has 0 spiro atoms. The molecule has 1 rings (SSSR count). The molecule has 1 aliphatic heterocycles. The number of rotatable bonds is 0. The highest BCUT2D eigenvalue weighted by Crippen LogP contribution is 2.05. The normalized spacial score (nSPS) is 35.1. The van der Waals surface area contributed by atoms with Gasteiger partial charge in [-0.15, -0.1) is 0 Å². The van der Waals surface area contributed by atoms with Crippen LogP contribution in [0.15, 0.2) is 4.99 Å². The molecule has 0 saturated heterocycles. The SMILES string of the molecule is CC1CN=C(N)NC1C. The van der Waals surface area contributed by atoms with E-state index in [-0.39, 0.29) is 0 Å². The van der Waals surface area contributed by atoms with E-state index >= 15 is 0 Å². The van der Waals surface area contributed by atoms with Crippen molar-refractivity contribution in [3.63, 3.8) is 0 Å². The zero-order valence-electron chi connectivity index (χ0n) is 5.89. The van der Waals surface area contributed by atoms with Crippen molar-refractivity contribution in [2.75, 3.05) is 6.54 Å². The van der Waals surface area contributed by atoms with Gasteiger partial charge in [0.15, 0.2) is 5.96 Å². The fourth-order valence-electron chi connectivity index (χ4n) is 0.822. The third-order valence-corrected chi connectivity index (χ3v) is 1.78. The van der Waals surface area contributed by atoms with Gasteiger partial charge in [-0.1, -0.05) is 6.92 Å². The highest BCUT2D eigenvalue weighted by molar-refractivity contribution is 5.78. The lowest BCUT2D eigenvalue weighted by molar-refractivity contribution is 0.437. The van der Waals surface area contributed by atoms with Crippen LogP contribution in [0, 0.1) is 5.92 Å². The van der Waals surface area contributed by atoms with Crippen LogP contribution in [0.5, 0.6) is 0 Å². The Morgan fingerprint density at radius 1 is 1.67 bits per heavy atom. The molecule has 3 nitrogen and oxygen atoms in total. The van der Waals surface area contributed by atoms with Crippen molar-refractivity contribution < 1.29 is 0 Å². The molecule has 2 atom stereocenters. The maximum Gasteiger partial charge on any atom is 0.188 e. The number of hydrogen-bond donors (Lipinski definition) is 2. The smallest absolute Gasteiger partial charge is 0.188 e. The molecule has 3 heteroatoms. The average Bonchev–Trinajstić information content (AvgIpc) is 1.80. The van der Waals surface area contributed by atoms with Crippen molar-refractivity contribution in [3.05, 3.63) is 0 Å². The lowest BCUT2D eigenvalue weighted by Crippen LogP contribution is -2.46. The summed E-state index contributed by atoms with van der Waals surface area (Å²) >= 11 is 0. The van der Waals surface area contributed by atoms with E-state index in [0.717, 1.165) is 6.54 Å². The van der Waals surface area contributed by atoms with Crippen molar-refractivity contribution in [3.8, 4) is 0 Å². The number of hydrogen-bond acceptors (Lipinski definition) is 3. The second-order valence-corrected chi connectivity index (χ2v) is 2.64. The van der Waals surface area contributed by atoms with E-state index in [9.17, 15) is 0 Å². The maximum absolute atomic E-state index is 5.43. The summed E-state index contributed by atoms with van der Waals surface area (Å²) in [5.41, 5.74) is 5.43. The monoisotopic (exact) mass is 127 g/mol. The summed E-state index contributed by atoms with van der Waals surface area (Å²) in [4.78, 5) is 4.04. The molecule has 9 heavy (non-hydrogen) atoms. The topological polar surface area (TPSA) is 50.4 Å². The van der Waals surface area contributed by atoms with Crippen LogP contribution in [0.25, 0.3) is 0 Å². The fraction of sp³-hybridized carbons (Fsp3) is 0.833. The van der Waals surface area contributed by atoms with Crippen LogP contribution in [0.2, 0.25) is 0 Å². The molecule has 0 bridgehead atoms. The Balaban J connectivity index is 2.54. The minimum absolute atomic E-state index is 0.475. The molecule has 0 aliphatic carbocycles. The van der Waals surface area contributed by atoms with Crippen molar-refractivity contribution in [2.45, 2.75) is 19.9 Å². The van der Waals surface area contributed by atoms with Gasteiger partial charge >= 0.3 is 0 Å². The van der Waals surface area contributed by atoms with Crippen LogP contribution < -0.4 is 11.1 Å². The van der Waals surface area contributed by atoms with Crippen LogP contribution in [0.1, 0.15) is 13.8 Å². The van der Waals surface area contributed by atoms with Gasteiger partial charge in [-0.2, -0.15) is 0 Å². The Morgan fingerprint density at radius 2 is 2.33 bits per heavy atom. The van der Waals surface area contributed by atoms with Gasteiger partial charge in [0.2, 0.25) is 0 Å². The largest absolute Gasteiger partial charge is 0.370 e. The van der Waals surface area contributed by atoms with E-state index in [1.54, 1.807) is 0 Å². The third kappa shape index (κ3) is 1.34. The van der Waals surface area contributed by atoms with Crippen LogP contribution in [0.3, 0.4) is 0 Å². The Hall–Kier alpha value is -0.730. The molecular formula is C6H13N3. The van der Waals surface area contributed by atoms with Crippen LogP contribution in [0.4, 0.5) is 0 Å². The number of nitrogens with one attached hydrogen (secondary N) is 1. The van der Waals surface area contributed by atoms with Gasteiger partial charge in [0.1, 0.15) is 0 Å². The molecule has 0 radical (unpaired) electrons. The van der Waals surface area contributed by atoms with E-state index in [1.165, 1.54) is 0 Å². The standard InChI is InChI=1S/C6H13N3/c1-4-3-8-6(7)9-5(4)2/h4-5H,3H2,1-2H3,(H3,7,8,9). The minimum atomic E-state index is 0.475. The molecule has 0 aromatic carbocycles. The van der Waals surface area contributed by atoms with Crippen molar-refractivity contribution in [1.82, 2.24) is 5.32 Å². The minimum Gasteiger partial charge on any atom is -0.370 e. The molecule has 2 unspecified atom stereocenters. The van der Waals surface area contributed by atoms with Gasteiger partial charge in [0.25, 0.3) is 0 Å². The van der Waals surface area contributed by atoms with E-state index in [1.807, 2.05) is 0 Å². The molecule has 1 aliphatic rings. The van der Waals surface area contributed by atoms with E-state index in [4.69, 9.17) is 5.73 Å². The predicted molar refractivity (Wildman–Crippen MR) is 38.3 cm³/mol. The number of guanidine groups is 1. The summed E-state index contributed by atoms with van der Waals surface area (Å²) in [6, 6.07) is 0.475. The summed E-state index contributed by atoms with van der Waals surface area (Å²) in [6.07, 6.45) is 0. The molecule has 0 aromatic heterocycles. The van der Waals surface area contributed by atoms with Crippen molar-refractivity contribution in [1.29, 1.82) is 0 Å². The fourth-order valence-corrected chi connectivity index (χ4v) is 0.822. The highest BCUT2D eigenvalue weighted by Gasteiger charge is 2.15. The summed E-state index contributed by atoms with van der Waals surface area (Å²) in [7, 11) is 0. The van der Waals surface area contributed by atoms with E-state index in [2.05, 4.69) is 24.2 Å². The lowest BCUT2D eigenvalue weighted by atomic mass is 10.0. The van der Waals surface area contributed by atoms with Gasteiger partial charge in [0, 0.05) is 12.6 Å². The van der Waals surface area contributed by atoms with Gasteiger partial charge in [-0.05, 0) is 12.8 Å². The van der Waals surface area contributed by atoms with Crippen LogP contribution >= 0.6 is 0 Å². The van der Waals surface area contributed by atoms with Crippen molar-refractivity contribution >= 4 is 5.96 Å². The van der Waals surface area contributed by atoms with Gasteiger partial charge < -0.3 is 11.1 Å². The molecule has 52 valence electrons. The summed E-state index contributed by atoms with van der Waals surface area (Å²) in [6.45, 7) is 5.14. The van der Waals surface area contributed by atoms with Crippen LogP contribution in [-0.4, -0.2) is 18.5 Å². The van der Waals surface area contributed by atoms with Gasteiger partial charge in [-0.3, -0.25) is 4.99 Å². The zero-order valence-corrected chi connectivity index (χ0v) is 5.89. The molecule has 0 amide bonds. The molecule has 0 saturated carbocycles. The average molecular weight is 127 g/mol. The van der Waals surface area contributed by atoms with Gasteiger partial charge in [0.05, 0.1) is 0 Å². The first-order valence-corrected chi connectivity index (χ1v) is 3.26. The quantitative estimate of drug-likeness (QED) is 0.478. The molecule has 3 N–H and O–H groups in total. The Morgan fingerprint density at radius 3 is 2.78 bits per heavy atom. The summed E-state index contributed by atoms with van der Waals surface area (Å²) in [5, 5.41) is 3.06. The number of aliphatic imine (C=N–C) groups is 1. The lowest BCUT2D eigenvalue weighted by Gasteiger charge is -2.24. The number of nitrogens with two attached hydrogens (primary N) is 1. The predicted octanol–water partition coefficient (Wildman–Crippen LogP) is -0.0711.